The van der Waals surface area contributed by atoms with Crippen LogP contribution in [0.5, 0.6) is 0 Å². The first-order chi connectivity index (χ1) is 26.4. The molecule has 330 valence electrons. The number of carbonyl (C=O) groups excluding carboxylic acids is 4. The topological polar surface area (TPSA) is 166 Å². The lowest BCUT2D eigenvalue weighted by Gasteiger charge is -2.43. The van der Waals surface area contributed by atoms with Crippen molar-refractivity contribution in [2.45, 2.75) is 103 Å². The number of likely N-dealkylation sites (tertiary alicyclic amines) is 2. The molecule has 56 heavy (non-hydrogen) atoms. The number of methoxy groups -OCH3 is 1. The zero-order valence-corrected chi connectivity index (χ0v) is 38.1. The predicted octanol–water partition coefficient (Wildman–Crippen LogP) is -0.0935. The number of nitrogens with one attached hydrogen (secondary N) is 6. The summed E-state index contributed by atoms with van der Waals surface area (Å²) < 4.78 is 5.21. The number of ether oxygens (including phenoxy) is 1. The Morgan fingerprint density at radius 2 is 0.929 bits per heavy atom. The molecule has 6 atom stereocenters. The van der Waals surface area contributed by atoms with E-state index in [0.717, 1.165) is 51.9 Å². The van der Waals surface area contributed by atoms with Crippen LogP contribution in [0, 0.1) is 11.8 Å². The Hall–Kier alpha value is -2.44. The van der Waals surface area contributed by atoms with Gasteiger partial charge >= 0.3 is 0 Å². The molecular weight excluding hydrogens is 715 g/mol. The number of piperazine rings is 1. The van der Waals surface area contributed by atoms with Crippen LogP contribution in [-0.2, 0) is 23.9 Å². The summed E-state index contributed by atoms with van der Waals surface area (Å²) in [4.78, 5) is 56.6. The highest BCUT2D eigenvalue weighted by atomic mass is 16.5. The zero-order chi connectivity index (χ0) is 43.0. The van der Waals surface area contributed by atoms with Gasteiger partial charge in [-0.2, -0.15) is 0 Å². The summed E-state index contributed by atoms with van der Waals surface area (Å²) in [6, 6.07) is 2.02. The molecule has 0 aliphatic carbocycles. The van der Waals surface area contributed by atoms with Crippen molar-refractivity contribution < 1.29 is 23.9 Å². The van der Waals surface area contributed by atoms with Crippen molar-refractivity contribution in [3.8, 4) is 0 Å². The molecule has 3 rings (SSSR count). The van der Waals surface area contributed by atoms with E-state index in [1.54, 1.807) is 14.2 Å². The third-order valence-electron chi connectivity index (χ3n) is 10.4. The summed E-state index contributed by atoms with van der Waals surface area (Å²) >= 11 is 0. The fourth-order valence-electron chi connectivity index (χ4n) is 8.53. The second-order valence-electron chi connectivity index (χ2n) is 16.4. The molecule has 3 heterocycles. The fraction of sp³-hybridized carbons (Fsp3) is 0.900. The first-order valence-corrected chi connectivity index (χ1v) is 20.7. The van der Waals surface area contributed by atoms with Gasteiger partial charge in [-0.1, -0.05) is 0 Å². The van der Waals surface area contributed by atoms with Gasteiger partial charge in [-0.05, 0) is 142 Å². The summed E-state index contributed by atoms with van der Waals surface area (Å²) in [6.45, 7) is 18.9. The van der Waals surface area contributed by atoms with Crippen LogP contribution >= 0.6 is 0 Å². The number of hydrogen-bond acceptors (Lipinski definition) is 12. The highest BCUT2D eigenvalue weighted by molar-refractivity contribution is 5.80. The molecule has 16 nitrogen and oxygen atoms in total. The van der Waals surface area contributed by atoms with E-state index in [-0.39, 0.29) is 23.6 Å². The van der Waals surface area contributed by atoms with E-state index in [1.807, 2.05) is 61.9 Å². The summed E-state index contributed by atoms with van der Waals surface area (Å²) in [5.41, 5.74) is 0. The maximum Gasteiger partial charge on any atom is 0.237 e. The van der Waals surface area contributed by atoms with Crippen molar-refractivity contribution in [2.75, 3.05) is 123 Å². The molecule has 0 aromatic carbocycles. The van der Waals surface area contributed by atoms with Gasteiger partial charge in [-0.25, -0.2) is 0 Å². The smallest absolute Gasteiger partial charge is 0.237 e. The van der Waals surface area contributed by atoms with Gasteiger partial charge in [0, 0.05) is 63.1 Å². The predicted molar refractivity (Wildman–Crippen MR) is 228 cm³/mol. The van der Waals surface area contributed by atoms with Crippen LogP contribution < -0.4 is 31.9 Å². The number of carbonyl (C=O) groups is 4. The average Bonchev–Trinajstić information content (AvgIpc) is 3.08. The summed E-state index contributed by atoms with van der Waals surface area (Å²) in [7, 11) is 16.8. The molecule has 16 heteroatoms. The number of likely N-dealkylation sites (N-methyl/N-ethyl adjacent to an activating group) is 5. The van der Waals surface area contributed by atoms with E-state index in [4.69, 9.17) is 4.74 Å². The Balaban J connectivity index is 0.000000731. The number of hydrogen-bond donors (Lipinski definition) is 6. The Kier molecular flexibility index (Phi) is 28.4. The van der Waals surface area contributed by atoms with Gasteiger partial charge in [0.1, 0.15) is 0 Å². The molecule has 3 fully saturated rings. The third kappa shape index (κ3) is 20.3. The molecule has 3 aliphatic heterocycles. The molecule has 0 spiro atoms. The molecule has 0 aromatic rings. The number of rotatable bonds is 14. The second kappa shape index (κ2) is 29.7. The molecular formula is C40H85N11O5. The average molecular weight is 800 g/mol. The van der Waals surface area contributed by atoms with E-state index in [9.17, 15) is 19.2 Å². The Bertz CT molecular complexity index is 1020. The third-order valence-corrected chi connectivity index (χ3v) is 10.4. The van der Waals surface area contributed by atoms with E-state index >= 15 is 0 Å². The largest absolute Gasteiger partial charge is 0.384 e. The van der Waals surface area contributed by atoms with E-state index in [0.29, 0.717) is 80.9 Å². The minimum atomic E-state index is 0.0243. The van der Waals surface area contributed by atoms with Gasteiger partial charge in [0.25, 0.3) is 0 Å². The Labute approximate surface area is 341 Å². The molecule has 3 saturated heterocycles. The van der Waals surface area contributed by atoms with Gasteiger partial charge in [0.2, 0.25) is 23.6 Å². The van der Waals surface area contributed by atoms with Crippen LogP contribution in [0.25, 0.3) is 0 Å². The first-order valence-electron chi connectivity index (χ1n) is 20.7. The van der Waals surface area contributed by atoms with Gasteiger partial charge < -0.3 is 56.2 Å². The van der Waals surface area contributed by atoms with Crippen molar-refractivity contribution in [3.63, 3.8) is 0 Å². The van der Waals surface area contributed by atoms with Crippen molar-refractivity contribution in [3.05, 3.63) is 0 Å². The molecule has 6 N–H and O–H groups in total. The Morgan fingerprint density at radius 3 is 1.25 bits per heavy atom. The number of amides is 4. The normalized spacial score (nSPS) is 26.5. The van der Waals surface area contributed by atoms with Gasteiger partial charge in [-0.3, -0.25) is 24.1 Å². The van der Waals surface area contributed by atoms with Crippen LogP contribution in [0.3, 0.4) is 0 Å². The van der Waals surface area contributed by atoms with Crippen LogP contribution in [0.4, 0.5) is 0 Å². The van der Waals surface area contributed by atoms with Crippen molar-refractivity contribution in [1.82, 2.24) is 56.4 Å². The van der Waals surface area contributed by atoms with Gasteiger partial charge in [0.05, 0.1) is 32.8 Å². The van der Waals surface area contributed by atoms with Gasteiger partial charge in [-0.15, -0.1) is 0 Å². The monoisotopic (exact) mass is 800 g/mol. The maximum atomic E-state index is 11.9. The highest BCUT2D eigenvalue weighted by Gasteiger charge is 2.34. The van der Waals surface area contributed by atoms with E-state index in [2.05, 4.69) is 85.4 Å². The van der Waals surface area contributed by atoms with Crippen LogP contribution in [-0.4, -0.2) is 207 Å². The van der Waals surface area contributed by atoms with Crippen molar-refractivity contribution >= 4 is 23.6 Å². The summed E-state index contributed by atoms with van der Waals surface area (Å²) in [5.74, 6) is 1.96. The van der Waals surface area contributed by atoms with Crippen LogP contribution in [0.1, 0.15) is 67.2 Å². The summed E-state index contributed by atoms with van der Waals surface area (Å²) in [5, 5.41) is 17.5. The minimum Gasteiger partial charge on any atom is -0.384 e. The zero-order valence-electron chi connectivity index (χ0n) is 38.1. The quantitative estimate of drug-likeness (QED) is 0.130. The van der Waals surface area contributed by atoms with Crippen LogP contribution in [0.2, 0.25) is 0 Å². The van der Waals surface area contributed by atoms with E-state index < -0.39 is 0 Å². The van der Waals surface area contributed by atoms with Crippen molar-refractivity contribution in [1.29, 1.82) is 0 Å². The van der Waals surface area contributed by atoms with Gasteiger partial charge in [0.15, 0.2) is 0 Å². The Morgan fingerprint density at radius 1 is 0.571 bits per heavy atom. The lowest BCUT2D eigenvalue weighted by molar-refractivity contribution is -0.138. The highest BCUT2D eigenvalue weighted by Crippen LogP contribution is 2.28. The second-order valence-corrected chi connectivity index (χ2v) is 16.4. The minimum absolute atomic E-state index is 0.0243. The molecule has 0 saturated carbocycles. The molecule has 0 radical (unpaired) electrons. The fourth-order valence-corrected chi connectivity index (χ4v) is 8.53. The standard InChI is InChI=1S/C12H25N3O.C12H24N2O2.C10H21N3O.C6H15N3O/c1-9-5-11(7-13-3)6-10(2)15(9)12(16)8-14-4;1-9-5-11(8-16-4)6-10(2)14(9)12(15)7-13-3;1-8-6-12(4)7-9(2)13(8)10(14)5-11-3;1-7-4-6(10)8-5-9(2)3/h9-11,13-14H,5-8H2,1-4H3;9-11,13H,5-8H2,1-4H3;8-9,11H,5-7H2,1-4H3;7H,4-5H2,1-3H3,(H,8,10). The van der Waals surface area contributed by atoms with E-state index in [1.165, 1.54) is 0 Å². The lowest BCUT2D eigenvalue weighted by atomic mass is 9.87. The molecule has 3 aliphatic rings. The molecule has 6 unspecified atom stereocenters. The van der Waals surface area contributed by atoms with Crippen LogP contribution in [0.15, 0.2) is 0 Å². The molecule has 4 amide bonds. The maximum absolute atomic E-state index is 11.9. The first kappa shape index (κ1) is 53.6. The lowest BCUT2D eigenvalue weighted by Crippen LogP contribution is -2.58. The molecule has 0 bridgehead atoms. The SMILES string of the molecule is CNCC(=O)N1C(C)CC(CNC)CC1C.CNCC(=O)N1C(C)CC(COC)CC1C.CNCC(=O)N1C(C)CN(C)CC1C.CNCC(=O)NCN(C)C. The van der Waals surface area contributed by atoms with Crippen molar-refractivity contribution in [2.24, 2.45) is 11.8 Å². The number of piperidine rings is 2. The number of nitrogens with zero attached hydrogens (tertiary/aromatic N) is 5. The summed E-state index contributed by atoms with van der Waals surface area (Å²) in [6.07, 6.45) is 4.32. The molecule has 0 aromatic heterocycles.